The second-order valence-corrected chi connectivity index (χ2v) is 8.59. The van der Waals surface area contributed by atoms with E-state index in [1.807, 2.05) is 0 Å². The van der Waals surface area contributed by atoms with Gasteiger partial charge in [0.2, 0.25) is 21.7 Å². The van der Waals surface area contributed by atoms with E-state index in [1.54, 1.807) is 0 Å². The van der Waals surface area contributed by atoms with Gasteiger partial charge in [-0.05, 0) is 24.3 Å². The summed E-state index contributed by atoms with van der Waals surface area (Å²) in [5, 5.41) is 38.7. The Balaban J connectivity index is 0.00000144. The van der Waals surface area contributed by atoms with Crippen LogP contribution in [0.2, 0.25) is 0 Å². The van der Waals surface area contributed by atoms with Gasteiger partial charge >= 0.3 is 75.4 Å². The zero-order valence-corrected chi connectivity index (χ0v) is 16.2. The normalized spacial score (nSPS) is 10.4. The molecule has 0 aliphatic carbocycles. The molecule has 8 nitrogen and oxygen atoms in total. The van der Waals surface area contributed by atoms with Crippen LogP contribution in [0.3, 0.4) is 0 Å². The molecule has 4 N–H and O–H groups in total. The average Bonchev–Trinajstić information content (AvgIpc) is 2.72. The molecule has 5 aromatic rings. The maximum absolute atomic E-state index is 13.0. The van der Waals surface area contributed by atoms with E-state index in [0.717, 1.165) is 24.3 Å². The number of rotatable bonds is 0. The van der Waals surface area contributed by atoms with Crippen molar-refractivity contribution >= 4 is 138 Å². The molecule has 0 atom stereocenters. The Bertz CT molecular complexity index is 1570. The van der Waals surface area contributed by atoms with E-state index in [2.05, 4.69) is 0 Å². The maximum atomic E-state index is 13.0. The van der Waals surface area contributed by atoms with Crippen LogP contribution in [0.1, 0.15) is 0 Å². The van der Waals surface area contributed by atoms with Gasteiger partial charge in [0.05, 0.1) is 40.3 Å². The number of benzene rings is 4. The molecule has 0 saturated heterocycles. The Morgan fingerprint density at radius 3 is 0.765 bits per heavy atom. The van der Waals surface area contributed by atoms with E-state index < -0.39 is 44.7 Å². The summed E-state index contributed by atoms with van der Waals surface area (Å²) < 4.78 is -0.662. The standard InChI is InChI=1S/C20H8O8S2.4Li.4H/c21-5-1-2-6(22)10-9(5)13(25)17-18(14(10)26)30-20-16(28)12-8(24)4-3-7(23)11(12)15(27)19(20)29-17;;;;;;;;/h1-4,21-24H;;;;;;;;. The van der Waals surface area contributed by atoms with Gasteiger partial charge in [-0.25, -0.2) is 0 Å². The van der Waals surface area contributed by atoms with Crippen molar-refractivity contribution in [3.63, 3.8) is 0 Å². The molecule has 1 aromatic heterocycles. The molecule has 0 amide bonds. The van der Waals surface area contributed by atoms with E-state index in [4.69, 9.17) is 0 Å². The molecule has 0 spiro atoms. The van der Waals surface area contributed by atoms with Crippen LogP contribution in [0, 0.1) is 0 Å². The van der Waals surface area contributed by atoms with E-state index in [-0.39, 0.29) is 116 Å². The van der Waals surface area contributed by atoms with Crippen molar-refractivity contribution in [3.05, 3.63) is 65.2 Å². The van der Waals surface area contributed by atoms with Crippen LogP contribution in [-0.4, -0.2) is 95.9 Å². The van der Waals surface area contributed by atoms with Gasteiger partial charge in [0.15, 0.2) is 0 Å². The van der Waals surface area contributed by atoms with Crippen LogP contribution in [0.4, 0.5) is 0 Å². The first-order chi connectivity index (χ1) is 14.2. The fourth-order valence-corrected chi connectivity index (χ4v) is 5.95. The molecule has 14 heteroatoms. The van der Waals surface area contributed by atoms with Crippen molar-refractivity contribution in [1.29, 1.82) is 0 Å². The van der Waals surface area contributed by atoms with Crippen LogP contribution in [0.15, 0.2) is 43.4 Å². The minimum absolute atomic E-state index is 0. The third kappa shape index (κ3) is 4.14. The first-order valence-electron chi connectivity index (χ1n) is 8.35. The zero-order chi connectivity index (χ0) is 21.5. The van der Waals surface area contributed by atoms with Gasteiger partial charge in [-0.15, -0.1) is 22.7 Å². The van der Waals surface area contributed by atoms with Crippen molar-refractivity contribution in [1.82, 2.24) is 0 Å². The van der Waals surface area contributed by atoms with Crippen molar-refractivity contribution in [2.24, 2.45) is 0 Å². The monoisotopic (exact) mass is 472 g/mol. The van der Waals surface area contributed by atoms with Crippen LogP contribution >= 0.6 is 22.7 Å². The average molecular weight is 472 g/mol. The summed E-state index contributed by atoms with van der Waals surface area (Å²) in [5.74, 6) is -2.01. The third-order valence-electron chi connectivity index (χ3n) is 4.88. The molecule has 0 aliphatic heterocycles. The first kappa shape index (κ1) is 30.7. The summed E-state index contributed by atoms with van der Waals surface area (Å²) in [7, 11) is 0. The number of fused-ring (bicyclic) bond motifs is 4. The van der Waals surface area contributed by atoms with Gasteiger partial charge in [-0.2, -0.15) is 0 Å². The van der Waals surface area contributed by atoms with E-state index >= 15 is 0 Å². The molecular formula is C20H12Li4O8S2. The van der Waals surface area contributed by atoms with Crippen molar-refractivity contribution < 1.29 is 20.4 Å². The van der Waals surface area contributed by atoms with E-state index in [0.29, 0.717) is 22.7 Å². The molecule has 1 heterocycles. The summed E-state index contributed by atoms with van der Waals surface area (Å²) in [5.41, 5.74) is -3.10. The Morgan fingerprint density at radius 1 is 0.412 bits per heavy atom. The second kappa shape index (κ2) is 10.7. The van der Waals surface area contributed by atoms with Crippen LogP contribution in [-0.2, 0) is 0 Å². The Hall–Kier alpha value is -1.37. The number of hydrogen-bond acceptors (Lipinski definition) is 10. The zero-order valence-electron chi connectivity index (χ0n) is 14.5. The second-order valence-electron chi connectivity index (χ2n) is 6.54. The Kier molecular flexibility index (Phi) is 9.66. The number of phenolic OH excluding ortho intramolecular Hbond substituents is 4. The molecule has 0 bridgehead atoms. The van der Waals surface area contributed by atoms with Crippen molar-refractivity contribution in [2.75, 3.05) is 0 Å². The summed E-state index contributed by atoms with van der Waals surface area (Å²) in [6.45, 7) is 0. The molecule has 34 heavy (non-hydrogen) atoms. The molecule has 5 rings (SSSR count). The van der Waals surface area contributed by atoms with Gasteiger partial charge in [-0.3, -0.25) is 19.2 Å². The van der Waals surface area contributed by atoms with E-state index in [9.17, 15) is 39.6 Å². The number of hydrogen-bond donors (Lipinski definition) is 4. The van der Waals surface area contributed by atoms with Crippen LogP contribution < -0.4 is 21.7 Å². The van der Waals surface area contributed by atoms with Crippen LogP contribution in [0.25, 0.3) is 40.3 Å². The third-order valence-corrected chi connectivity index (χ3v) is 7.51. The molecule has 0 fully saturated rings. The predicted octanol–water partition coefficient (Wildman–Crippen LogP) is -0.471. The molecule has 0 saturated carbocycles. The Morgan fingerprint density at radius 2 is 0.588 bits per heavy atom. The van der Waals surface area contributed by atoms with Crippen molar-refractivity contribution in [2.45, 2.75) is 0 Å². The number of aromatic hydroxyl groups is 4. The van der Waals surface area contributed by atoms with Gasteiger partial charge in [0.1, 0.15) is 23.0 Å². The van der Waals surface area contributed by atoms with Gasteiger partial charge in [0.25, 0.3) is 0 Å². The van der Waals surface area contributed by atoms with Crippen molar-refractivity contribution in [3.8, 4) is 23.0 Å². The number of phenols is 4. The topological polar surface area (TPSA) is 149 Å². The predicted molar refractivity (Wildman–Crippen MR) is 144 cm³/mol. The molecule has 0 unspecified atom stereocenters. The fourth-order valence-electron chi connectivity index (χ4n) is 3.52. The van der Waals surface area contributed by atoms with Gasteiger partial charge in [0, 0.05) is 0 Å². The summed E-state index contributed by atoms with van der Waals surface area (Å²) >= 11 is 1.18. The summed E-state index contributed by atoms with van der Waals surface area (Å²) in [4.78, 5) is 51.9. The molecule has 0 aliphatic rings. The fraction of sp³-hybridized carbons (Fsp3) is 0. The molecule has 4 aromatic carbocycles. The van der Waals surface area contributed by atoms with Crippen LogP contribution in [0.5, 0.6) is 23.0 Å². The minimum atomic E-state index is -0.775. The quantitative estimate of drug-likeness (QED) is 0.134. The summed E-state index contributed by atoms with van der Waals surface area (Å²) in [6.07, 6.45) is 0. The SMILES string of the molecule is O=c1c2sc3c(=O)c4c(O)ccc(O)c4c(=O)c3sc2c(=O)c2c(O)ccc(O)c12.[LiH].[LiH].[LiH].[LiH]. The first-order valence-corrected chi connectivity index (χ1v) is 9.98. The Labute approximate surface area is 244 Å². The molecule has 0 radical (unpaired) electrons. The molecule has 156 valence electrons. The van der Waals surface area contributed by atoms with E-state index in [1.165, 1.54) is 0 Å². The molecular weight excluding hydrogens is 460 g/mol. The van der Waals surface area contributed by atoms with Gasteiger partial charge in [-0.1, -0.05) is 0 Å². The summed E-state index contributed by atoms with van der Waals surface area (Å²) in [6, 6.07) is 4.29. The van der Waals surface area contributed by atoms with Gasteiger partial charge < -0.3 is 20.4 Å².